The molecule has 0 rings (SSSR count). The molecule has 26 valence electrons. The van der Waals surface area contributed by atoms with Crippen molar-refractivity contribution in [2.45, 2.75) is 0 Å². The molecule has 0 aliphatic rings. The molecular formula is C2H5S2-. The summed E-state index contributed by atoms with van der Waals surface area (Å²) in [4.78, 5) is 0. The summed E-state index contributed by atoms with van der Waals surface area (Å²) >= 11 is 8.29. The minimum atomic E-state index is 0.767. The first kappa shape index (κ1) is 4.70. The van der Waals surface area contributed by atoms with Crippen LogP contribution in [0.3, 0.4) is 0 Å². The van der Waals surface area contributed by atoms with E-state index in [0.717, 1.165) is 11.5 Å². The molecule has 0 nitrogen and oxygen atoms in total. The highest BCUT2D eigenvalue weighted by Gasteiger charge is 1.44. The maximum absolute atomic E-state index is 4.48. The SMILES string of the molecule is [S-]CCS. The van der Waals surface area contributed by atoms with Gasteiger partial charge in [-0.1, -0.05) is 0 Å². The fraction of sp³-hybridized carbons (Fsp3) is 1.00. The fourth-order valence-corrected chi connectivity index (χ4v) is 0. The van der Waals surface area contributed by atoms with E-state index in [1.54, 1.807) is 0 Å². The summed E-state index contributed by atoms with van der Waals surface area (Å²) in [6.07, 6.45) is 0. The molecule has 0 aromatic heterocycles. The van der Waals surface area contributed by atoms with E-state index >= 15 is 0 Å². The number of thiol groups is 1. The molecule has 0 spiro atoms. The second kappa shape index (κ2) is 3.70. The van der Waals surface area contributed by atoms with Crippen molar-refractivity contribution in [1.29, 1.82) is 0 Å². The lowest BCUT2D eigenvalue weighted by molar-refractivity contribution is 1.58. The lowest BCUT2D eigenvalue weighted by Gasteiger charge is -1.88. The smallest absolute Gasteiger partial charge is 0.0317 e. The average molecular weight is 93.2 g/mol. The Morgan fingerprint density at radius 2 is 2.00 bits per heavy atom. The molecule has 0 aromatic carbocycles. The molecule has 0 saturated carbocycles. The lowest BCUT2D eigenvalue weighted by Crippen LogP contribution is -1.71. The van der Waals surface area contributed by atoms with Gasteiger partial charge in [0.1, 0.15) is 0 Å². The minimum Gasteiger partial charge on any atom is -0.792 e. The molecule has 4 heavy (non-hydrogen) atoms. The molecule has 0 atom stereocenters. The van der Waals surface area contributed by atoms with Crippen molar-refractivity contribution in [1.82, 2.24) is 0 Å². The van der Waals surface area contributed by atoms with E-state index in [4.69, 9.17) is 0 Å². The van der Waals surface area contributed by atoms with Crippen LogP contribution in [0.15, 0.2) is 0 Å². The van der Waals surface area contributed by atoms with Crippen molar-refractivity contribution in [2.24, 2.45) is 0 Å². The van der Waals surface area contributed by atoms with Gasteiger partial charge in [-0.2, -0.15) is 18.4 Å². The molecular weight excluding hydrogens is 88.2 g/mol. The van der Waals surface area contributed by atoms with Crippen LogP contribution in [0, 0.1) is 0 Å². The zero-order chi connectivity index (χ0) is 3.41. The van der Waals surface area contributed by atoms with Crippen molar-refractivity contribution in [3.8, 4) is 0 Å². The molecule has 0 bridgehead atoms. The van der Waals surface area contributed by atoms with E-state index in [1.165, 1.54) is 0 Å². The molecule has 0 aliphatic carbocycles. The van der Waals surface area contributed by atoms with Gasteiger partial charge in [0.15, 0.2) is 0 Å². The van der Waals surface area contributed by atoms with E-state index < -0.39 is 0 Å². The van der Waals surface area contributed by atoms with E-state index in [0.29, 0.717) is 0 Å². The molecule has 0 aliphatic heterocycles. The van der Waals surface area contributed by atoms with Crippen LogP contribution in [-0.4, -0.2) is 11.5 Å². The van der Waals surface area contributed by atoms with Crippen molar-refractivity contribution in [2.75, 3.05) is 11.5 Å². The van der Waals surface area contributed by atoms with Crippen molar-refractivity contribution in [3.63, 3.8) is 0 Å². The Morgan fingerprint density at radius 1 is 1.75 bits per heavy atom. The van der Waals surface area contributed by atoms with Crippen LogP contribution in [0.25, 0.3) is 0 Å². The Bertz CT molecular complexity index is 6.00. The topological polar surface area (TPSA) is 0 Å². The Hall–Kier alpha value is 0.700. The number of rotatable bonds is 1. The Balaban J connectivity index is 1.97. The molecule has 0 fully saturated rings. The van der Waals surface area contributed by atoms with Crippen LogP contribution in [0.4, 0.5) is 0 Å². The third kappa shape index (κ3) is 2.70. The molecule has 0 N–H and O–H groups in total. The van der Waals surface area contributed by atoms with E-state index in [9.17, 15) is 0 Å². The third-order valence-corrected chi connectivity index (χ3v) is 0.822. The van der Waals surface area contributed by atoms with Crippen LogP contribution < -0.4 is 0 Å². The maximum atomic E-state index is 4.48. The van der Waals surface area contributed by atoms with Gasteiger partial charge >= 0.3 is 0 Å². The van der Waals surface area contributed by atoms with Gasteiger partial charge in [-0.25, -0.2) is 0 Å². The second-order valence-electron chi connectivity index (χ2n) is 0.428. The molecule has 0 amide bonds. The van der Waals surface area contributed by atoms with Gasteiger partial charge in [-0.15, -0.1) is 0 Å². The van der Waals surface area contributed by atoms with Crippen molar-refractivity contribution < 1.29 is 0 Å². The zero-order valence-corrected chi connectivity index (χ0v) is 3.98. The summed E-state index contributed by atoms with van der Waals surface area (Å²) in [5, 5.41) is 0. The van der Waals surface area contributed by atoms with Gasteiger partial charge < -0.3 is 12.6 Å². The number of hydrogen-bond donors (Lipinski definition) is 1. The van der Waals surface area contributed by atoms with Gasteiger partial charge in [0, 0.05) is 0 Å². The van der Waals surface area contributed by atoms with Gasteiger partial charge in [0.2, 0.25) is 0 Å². The molecule has 0 saturated heterocycles. The monoisotopic (exact) mass is 93.0 g/mol. The lowest BCUT2D eigenvalue weighted by atomic mass is 11.0. The summed E-state index contributed by atoms with van der Waals surface area (Å²) < 4.78 is 0. The molecule has 2 heteroatoms. The highest BCUT2D eigenvalue weighted by atomic mass is 32.1. The van der Waals surface area contributed by atoms with E-state index in [1.807, 2.05) is 0 Å². The molecule has 0 heterocycles. The molecule has 0 aromatic rings. The average Bonchev–Trinajstić information content (AvgIpc) is 1.37. The van der Waals surface area contributed by atoms with E-state index in [2.05, 4.69) is 25.3 Å². The molecule has 0 unspecified atom stereocenters. The zero-order valence-electron chi connectivity index (χ0n) is 2.27. The predicted octanol–water partition coefficient (Wildman–Crippen LogP) is 0.463. The van der Waals surface area contributed by atoms with Gasteiger partial charge in [0.25, 0.3) is 0 Å². The van der Waals surface area contributed by atoms with Crippen molar-refractivity contribution in [3.05, 3.63) is 0 Å². The summed E-state index contributed by atoms with van der Waals surface area (Å²) in [7, 11) is 0. The number of hydrogen-bond acceptors (Lipinski definition) is 2. The minimum absolute atomic E-state index is 0.767. The van der Waals surface area contributed by atoms with Gasteiger partial charge in [-0.05, 0) is 5.75 Å². The maximum Gasteiger partial charge on any atom is -0.0317 e. The largest absolute Gasteiger partial charge is 0.792 e. The first-order chi connectivity index (χ1) is 1.91. The van der Waals surface area contributed by atoms with Crippen LogP contribution >= 0.6 is 12.6 Å². The second-order valence-corrected chi connectivity index (χ2v) is 1.28. The standard InChI is InChI=1S/C2H6S2/c3-1-2-4/h3-4H,1-2H2/p-1. The van der Waals surface area contributed by atoms with Crippen LogP contribution in [-0.2, 0) is 12.6 Å². The van der Waals surface area contributed by atoms with Crippen LogP contribution in [0.5, 0.6) is 0 Å². The first-order valence-corrected chi connectivity index (χ1v) is 2.31. The highest BCUT2D eigenvalue weighted by molar-refractivity contribution is 7.80. The van der Waals surface area contributed by atoms with Crippen LogP contribution in [0.2, 0.25) is 0 Å². The molecule has 0 radical (unpaired) electrons. The fourth-order valence-electron chi connectivity index (χ4n) is 0. The summed E-state index contributed by atoms with van der Waals surface area (Å²) in [6.45, 7) is 0. The third-order valence-electron chi connectivity index (χ3n) is 0.0913. The van der Waals surface area contributed by atoms with Gasteiger partial charge in [-0.3, -0.25) is 0 Å². The predicted molar refractivity (Wildman–Crippen MR) is 26.1 cm³/mol. The highest BCUT2D eigenvalue weighted by Crippen LogP contribution is 1.63. The van der Waals surface area contributed by atoms with Gasteiger partial charge in [0.05, 0.1) is 0 Å². The Labute approximate surface area is 37.4 Å². The summed E-state index contributed by atoms with van der Waals surface area (Å²) in [5.41, 5.74) is 0. The van der Waals surface area contributed by atoms with Crippen LogP contribution in [0.1, 0.15) is 0 Å². The quantitative estimate of drug-likeness (QED) is 0.363. The Kier molecular flexibility index (Phi) is 4.35. The summed E-state index contributed by atoms with van der Waals surface area (Å²) in [6, 6.07) is 0. The Morgan fingerprint density at radius 3 is 2.00 bits per heavy atom. The van der Waals surface area contributed by atoms with E-state index in [-0.39, 0.29) is 0 Å². The van der Waals surface area contributed by atoms with Crippen molar-refractivity contribution >= 4 is 25.3 Å². The first-order valence-electron chi connectivity index (χ1n) is 1.10. The summed E-state index contributed by atoms with van der Waals surface area (Å²) in [5.74, 6) is 1.60. The normalized spacial score (nSPS) is 7.50.